The van der Waals surface area contributed by atoms with Gasteiger partial charge < -0.3 is 10.4 Å². The number of alkyl halides is 2. The summed E-state index contributed by atoms with van der Waals surface area (Å²) in [6.45, 7) is 0. The first kappa shape index (κ1) is 15.4. The molecule has 0 aliphatic heterocycles. The van der Waals surface area contributed by atoms with Gasteiger partial charge in [0.15, 0.2) is 0 Å². The van der Waals surface area contributed by atoms with Crippen LogP contribution >= 0.6 is 23.2 Å². The Labute approximate surface area is 125 Å². The van der Waals surface area contributed by atoms with Gasteiger partial charge in [-0.1, -0.05) is 19.3 Å². The molecule has 2 N–H and O–H groups in total. The molecule has 2 fully saturated rings. The van der Waals surface area contributed by atoms with Gasteiger partial charge >= 0.3 is 5.97 Å². The van der Waals surface area contributed by atoms with Crippen LogP contribution in [0, 0.1) is 5.92 Å². The van der Waals surface area contributed by atoms with E-state index in [9.17, 15) is 4.79 Å². The van der Waals surface area contributed by atoms with Crippen molar-refractivity contribution in [2.75, 3.05) is 0 Å². The minimum atomic E-state index is -0.702. The third kappa shape index (κ3) is 4.24. The Morgan fingerprint density at radius 3 is 2.32 bits per heavy atom. The van der Waals surface area contributed by atoms with Crippen LogP contribution < -0.4 is 5.32 Å². The van der Waals surface area contributed by atoms with E-state index in [2.05, 4.69) is 5.32 Å². The number of nitrogens with one attached hydrogen (secondary N) is 1. The van der Waals surface area contributed by atoms with E-state index < -0.39 is 5.97 Å². The molecule has 0 amide bonds. The predicted molar refractivity (Wildman–Crippen MR) is 78.1 cm³/mol. The molecule has 19 heavy (non-hydrogen) atoms. The standard InChI is InChI=1S/C14H23Cl2NO2/c15-10-5-3-6-11(16)14(10)17-12-7-2-1-4-9(12)8-13(18)19/h9-12,14,17H,1-8H2,(H,18,19). The van der Waals surface area contributed by atoms with Crippen LogP contribution in [0.4, 0.5) is 0 Å². The molecule has 2 saturated carbocycles. The number of aliphatic carboxylic acids is 1. The molecule has 2 aliphatic carbocycles. The number of hydrogen-bond donors (Lipinski definition) is 2. The van der Waals surface area contributed by atoms with Gasteiger partial charge in [0.05, 0.1) is 10.8 Å². The summed E-state index contributed by atoms with van der Waals surface area (Å²) >= 11 is 12.8. The zero-order valence-electron chi connectivity index (χ0n) is 11.2. The summed E-state index contributed by atoms with van der Waals surface area (Å²) in [4.78, 5) is 11.0. The molecule has 0 saturated heterocycles. The van der Waals surface area contributed by atoms with E-state index in [0.717, 1.165) is 38.5 Å². The molecular weight excluding hydrogens is 285 g/mol. The van der Waals surface area contributed by atoms with Gasteiger partial charge in [0.25, 0.3) is 0 Å². The average Bonchev–Trinajstić information content (AvgIpc) is 2.35. The summed E-state index contributed by atoms with van der Waals surface area (Å²) in [5, 5.41) is 12.7. The maximum absolute atomic E-state index is 11.0. The fourth-order valence-electron chi connectivity index (χ4n) is 3.45. The summed E-state index contributed by atoms with van der Waals surface area (Å²) < 4.78 is 0. The number of carboxylic acid groups (broad SMARTS) is 1. The van der Waals surface area contributed by atoms with Crippen molar-refractivity contribution in [3.8, 4) is 0 Å². The highest BCUT2D eigenvalue weighted by molar-refractivity contribution is 6.24. The van der Waals surface area contributed by atoms with E-state index in [-0.39, 0.29) is 35.2 Å². The van der Waals surface area contributed by atoms with Crippen molar-refractivity contribution in [1.82, 2.24) is 5.32 Å². The van der Waals surface area contributed by atoms with Crippen LogP contribution in [0.1, 0.15) is 51.4 Å². The van der Waals surface area contributed by atoms with Crippen molar-refractivity contribution in [1.29, 1.82) is 0 Å². The zero-order valence-corrected chi connectivity index (χ0v) is 12.7. The van der Waals surface area contributed by atoms with E-state index >= 15 is 0 Å². The van der Waals surface area contributed by atoms with Gasteiger partial charge in [-0.2, -0.15) is 0 Å². The lowest BCUT2D eigenvalue weighted by Crippen LogP contribution is -2.53. The molecule has 0 spiro atoms. The Hall–Kier alpha value is 0.01000. The van der Waals surface area contributed by atoms with Crippen molar-refractivity contribution in [3.05, 3.63) is 0 Å². The first-order chi connectivity index (χ1) is 9.08. The molecule has 0 aromatic heterocycles. The number of carbonyl (C=O) groups is 1. The van der Waals surface area contributed by atoms with E-state index in [4.69, 9.17) is 28.3 Å². The summed E-state index contributed by atoms with van der Waals surface area (Å²) in [6.07, 6.45) is 7.68. The van der Waals surface area contributed by atoms with Gasteiger partial charge in [0.1, 0.15) is 0 Å². The molecule has 4 unspecified atom stereocenters. The van der Waals surface area contributed by atoms with Gasteiger partial charge in [0, 0.05) is 18.5 Å². The Bertz CT molecular complexity index is 304. The first-order valence-electron chi connectivity index (χ1n) is 7.34. The zero-order chi connectivity index (χ0) is 13.8. The molecule has 0 aromatic rings. The minimum absolute atomic E-state index is 0.0728. The smallest absolute Gasteiger partial charge is 0.303 e. The molecule has 0 bridgehead atoms. The SMILES string of the molecule is O=C(O)CC1CCCCC1NC1C(Cl)CCCC1Cl. The molecule has 4 atom stereocenters. The van der Waals surface area contributed by atoms with Crippen LogP contribution in [0.2, 0.25) is 0 Å². The lowest BCUT2D eigenvalue weighted by Gasteiger charge is -2.39. The van der Waals surface area contributed by atoms with Crippen molar-refractivity contribution < 1.29 is 9.90 Å². The van der Waals surface area contributed by atoms with Gasteiger partial charge in [-0.25, -0.2) is 0 Å². The van der Waals surface area contributed by atoms with E-state index in [0.29, 0.717) is 0 Å². The fraction of sp³-hybridized carbons (Fsp3) is 0.929. The summed E-state index contributed by atoms with van der Waals surface area (Å²) in [5.41, 5.74) is 0. The minimum Gasteiger partial charge on any atom is -0.481 e. The first-order valence-corrected chi connectivity index (χ1v) is 8.21. The Morgan fingerprint density at radius 1 is 1.05 bits per heavy atom. The second-order valence-corrected chi connectivity index (χ2v) is 7.03. The van der Waals surface area contributed by atoms with E-state index in [1.54, 1.807) is 0 Å². The lowest BCUT2D eigenvalue weighted by atomic mass is 9.81. The summed E-state index contributed by atoms with van der Waals surface area (Å²) in [7, 11) is 0. The van der Waals surface area contributed by atoms with Gasteiger partial charge in [-0.05, 0) is 31.6 Å². The van der Waals surface area contributed by atoms with Crippen molar-refractivity contribution in [3.63, 3.8) is 0 Å². The third-order valence-electron chi connectivity index (χ3n) is 4.49. The number of carboxylic acids is 1. The maximum Gasteiger partial charge on any atom is 0.303 e. The molecule has 2 rings (SSSR count). The topological polar surface area (TPSA) is 49.3 Å². The number of halogens is 2. The van der Waals surface area contributed by atoms with Gasteiger partial charge in [-0.15, -0.1) is 23.2 Å². The largest absolute Gasteiger partial charge is 0.481 e. The molecule has 0 aromatic carbocycles. The van der Waals surface area contributed by atoms with Crippen LogP contribution in [-0.2, 0) is 4.79 Å². The Balaban J connectivity index is 1.95. The summed E-state index contributed by atoms with van der Waals surface area (Å²) in [6, 6.07) is 0.381. The van der Waals surface area contributed by atoms with Gasteiger partial charge in [-0.3, -0.25) is 4.79 Å². The molecular formula is C14H23Cl2NO2. The Morgan fingerprint density at radius 2 is 1.68 bits per heavy atom. The second-order valence-electron chi connectivity index (χ2n) is 5.90. The molecule has 5 heteroatoms. The molecule has 3 nitrogen and oxygen atoms in total. The fourth-order valence-corrected chi connectivity index (χ4v) is 4.33. The molecule has 0 radical (unpaired) electrons. The van der Waals surface area contributed by atoms with Crippen LogP contribution in [0.25, 0.3) is 0 Å². The third-order valence-corrected chi connectivity index (χ3v) is 5.47. The predicted octanol–water partition coefficient (Wildman–Crippen LogP) is 3.38. The van der Waals surface area contributed by atoms with Crippen molar-refractivity contribution >= 4 is 29.2 Å². The Kier molecular flexibility index (Phi) is 5.79. The van der Waals surface area contributed by atoms with E-state index in [1.807, 2.05) is 0 Å². The quantitative estimate of drug-likeness (QED) is 0.783. The van der Waals surface area contributed by atoms with Crippen LogP contribution in [0.15, 0.2) is 0 Å². The second kappa shape index (κ2) is 7.14. The van der Waals surface area contributed by atoms with Gasteiger partial charge in [0.2, 0.25) is 0 Å². The average molecular weight is 308 g/mol. The van der Waals surface area contributed by atoms with Crippen LogP contribution in [-0.4, -0.2) is 33.9 Å². The summed E-state index contributed by atoms with van der Waals surface area (Å²) in [5.74, 6) is -0.479. The van der Waals surface area contributed by atoms with Crippen molar-refractivity contribution in [2.45, 2.75) is 74.2 Å². The van der Waals surface area contributed by atoms with Crippen molar-refractivity contribution in [2.24, 2.45) is 5.92 Å². The lowest BCUT2D eigenvalue weighted by molar-refractivity contribution is -0.138. The number of hydrogen-bond acceptors (Lipinski definition) is 2. The maximum atomic E-state index is 11.0. The highest BCUT2D eigenvalue weighted by Crippen LogP contribution is 2.32. The monoisotopic (exact) mass is 307 g/mol. The molecule has 110 valence electrons. The highest BCUT2D eigenvalue weighted by Gasteiger charge is 2.35. The molecule has 2 aliphatic rings. The van der Waals surface area contributed by atoms with Crippen LogP contribution in [0.5, 0.6) is 0 Å². The highest BCUT2D eigenvalue weighted by atomic mass is 35.5. The molecule has 0 heterocycles. The van der Waals surface area contributed by atoms with E-state index in [1.165, 1.54) is 6.42 Å². The number of rotatable bonds is 4. The normalized spacial score (nSPS) is 40.0. The van der Waals surface area contributed by atoms with Crippen LogP contribution in [0.3, 0.4) is 0 Å².